The lowest BCUT2D eigenvalue weighted by Gasteiger charge is -2.09. The summed E-state index contributed by atoms with van der Waals surface area (Å²) in [6.07, 6.45) is 0. The molecule has 1 aromatic rings. The summed E-state index contributed by atoms with van der Waals surface area (Å²) in [5.74, 6) is 0. The van der Waals surface area contributed by atoms with Crippen molar-refractivity contribution in [3.8, 4) is 0 Å². The lowest BCUT2D eigenvalue weighted by molar-refractivity contribution is 0.532. The Labute approximate surface area is 112 Å². The summed E-state index contributed by atoms with van der Waals surface area (Å²) in [5, 5.41) is 0.949. The van der Waals surface area contributed by atoms with Gasteiger partial charge >= 0.3 is 0 Å². The molecule has 0 amide bonds. The number of amidine groups is 1. The highest BCUT2D eigenvalue weighted by Gasteiger charge is 2.25. The van der Waals surface area contributed by atoms with Gasteiger partial charge in [0.1, 0.15) is 0 Å². The Bertz CT molecular complexity index is 564. The summed E-state index contributed by atoms with van der Waals surface area (Å²) in [5.41, 5.74) is 1.03. The molecule has 0 bridgehead atoms. The van der Waals surface area contributed by atoms with Gasteiger partial charge in [0.05, 0.1) is 4.90 Å². The SMILES string of the molecule is Cc1ccc(S(=O)(=O)N=C2S[C@@H](C)CN2C)cc1. The molecule has 1 saturated heterocycles. The van der Waals surface area contributed by atoms with Crippen molar-refractivity contribution in [3.05, 3.63) is 29.8 Å². The Morgan fingerprint density at radius 1 is 1.33 bits per heavy atom. The average Bonchev–Trinajstić information content (AvgIpc) is 2.57. The van der Waals surface area contributed by atoms with E-state index in [9.17, 15) is 8.42 Å². The van der Waals surface area contributed by atoms with Gasteiger partial charge in [-0.2, -0.15) is 8.42 Å². The van der Waals surface area contributed by atoms with E-state index in [1.54, 1.807) is 24.3 Å². The van der Waals surface area contributed by atoms with Crippen molar-refractivity contribution in [1.82, 2.24) is 4.90 Å². The van der Waals surface area contributed by atoms with E-state index in [1.165, 1.54) is 11.8 Å². The maximum atomic E-state index is 12.1. The maximum Gasteiger partial charge on any atom is 0.284 e. The normalized spacial score (nSPS) is 22.7. The van der Waals surface area contributed by atoms with Crippen molar-refractivity contribution >= 4 is 27.0 Å². The molecule has 4 nitrogen and oxygen atoms in total. The van der Waals surface area contributed by atoms with E-state index in [1.807, 2.05) is 18.9 Å². The number of hydrogen-bond acceptors (Lipinski definition) is 3. The standard InChI is InChI=1S/C12H16N2O2S2/c1-9-4-6-11(7-5-9)18(15,16)13-12-14(3)8-10(2)17-12/h4-7,10H,8H2,1-3H3/t10-/m0/s1. The fraction of sp³-hybridized carbons (Fsp3) is 0.417. The summed E-state index contributed by atoms with van der Waals surface area (Å²) >= 11 is 1.50. The van der Waals surface area contributed by atoms with E-state index in [0.717, 1.165) is 12.1 Å². The topological polar surface area (TPSA) is 49.7 Å². The Balaban J connectivity index is 2.33. The first kappa shape index (κ1) is 13.4. The molecule has 1 heterocycles. The van der Waals surface area contributed by atoms with Crippen LogP contribution in [0.4, 0.5) is 0 Å². The van der Waals surface area contributed by atoms with E-state index >= 15 is 0 Å². The zero-order valence-electron chi connectivity index (χ0n) is 10.6. The van der Waals surface area contributed by atoms with Crippen LogP contribution in [-0.4, -0.2) is 37.3 Å². The largest absolute Gasteiger partial charge is 0.353 e. The van der Waals surface area contributed by atoms with Crippen LogP contribution in [-0.2, 0) is 10.0 Å². The monoisotopic (exact) mass is 284 g/mol. The first-order valence-corrected chi connectivity index (χ1v) is 8.00. The van der Waals surface area contributed by atoms with Gasteiger partial charge in [-0.15, -0.1) is 4.40 Å². The second-order valence-corrected chi connectivity index (χ2v) is 7.48. The van der Waals surface area contributed by atoms with E-state index < -0.39 is 10.0 Å². The van der Waals surface area contributed by atoms with E-state index in [2.05, 4.69) is 11.3 Å². The fourth-order valence-corrected chi connectivity index (χ4v) is 4.04. The Morgan fingerprint density at radius 3 is 2.44 bits per heavy atom. The van der Waals surface area contributed by atoms with Crippen LogP contribution in [0.15, 0.2) is 33.6 Å². The molecule has 0 unspecified atom stereocenters. The summed E-state index contributed by atoms with van der Waals surface area (Å²) < 4.78 is 28.2. The third-order valence-electron chi connectivity index (χ3n) is 2.68. The van der Waals surface area contributed by atoms with Crippen molar-refractivity contribution < 1.29 is 8.42 Å². The lowest BCUT2D eigenvalue weighted by atomic mass is 10.2. The van der Waals surface area contributed by atoms with E-state index in [0.29, 0.717) is 10.4 Å². The Morgan fingerprint density at radius 2 is 1.94 bits per heavy atom. The van der Waals surface area contributed by atoms with Gasteiger partial charge in [0, 0.05) is 18.8 Å². The molecule has 0 aliphatic carbocycles. The molecule has 0 N–H and O–H groups in total. The number of thioether (sulfide) groups is 1. The van der Waals surface area contributed by atoms with Gasteiger partial charge in [0.15, 0.2) is 5.17 Å². The fourth-order valence-electron chi connectivity index (χ4n) is 1.73. The minimum atomic E-state index is -3.59. The molecule has 2 rings (SSSR count). The minimum absolute atomic E-state index is 0.245. The van der Waals surface area contributed by atoms with Crippen LogP contribution in [0.1, 0.15) is 12.5 Å². The number of hydrogen-bond donors (Lipinski definition) is 0. The van der Waals surface area contributed by atoms with Crippen molar-refractivity contribution in [1.29, 1.82) is 0 Å². The van der Waals surface area contributed by atoms with Gasteiger partial charge in [0.25, 0.3) is 10.0 Å². The number of rotatable bonds is 2. The number of aryl methyl sites for hydroxylation is 1. The van der Waals surface area contributed by atoms with Crippen LogP contribution in [0.3, 0.4) is 0 Å². The van der Waals surface area contributed by atoms with Gasteiger partial charge in [-0.3, -0.25) is 0 Å². The summed E-state index contributed by atoms with van der Waals surface area (Å²) in [7, 11) is -1.73. The quantitative estimate of drug-likeness (QED) is 0.834. The molecule has 0 radical (unpaired) electrons. The average molecular weight is 284 g/mol. The van der Waals surface area contributed by atoms with Crippen molar-refractivity contribution in [2.45, 2.75) is 24.0 Å². The van der Waals surface area contributed by atoms with Gasteiger partial charge in [0.2, 0.25) is 0 Å². The van der Waals surface area contributed by atoms with Crippen LogP contribution in [0.5, 0.6) is 0 Å². The molecular weight excluding hydrogens is 268 g/mol. The zero-order valence-corrected chi connectivity index (χ0v) is 12.3. The molecule has 1 fully saturated rings. The van der Waals surface area contributed by atoms with Crippen LogP contribution in [0, 0.1) is 6.92 Å². The molecule has 0 aromatic heterocycles. The lowest BCUT2D eigenvalue weighted by Crippen LogP contribution is -2.20. The van der Waals surface area contributed by atoms with Gasteiger partial charge in [-0.1, -0.05) is 36.4 Å². The molecule has 1 aliphatic rings. The molecule has 1 aromatic carbocycles. The third kappa shape index (κ3) is 2.87. The molecule has 1 aliphatic heterocycles. The molecule has 6 heteroatoms. The third-order valence-corrected chi connectivity index (χ3v) is 5.24. The van der Waals surface area contributed by atoms with Crippen molar-refractivity contribution in [2.24, 2.45) is 4.40 Å². The van der Waals surface area contributed by atoms with E-state index in [-0.39, 0.29) is 4.90 Å². The second kappa shape index (κ2) is 4.93. The Hall–Kier alpha value is -1.01. The minimum Gasteiger partial charge on any atom is -0.353 e. The van der Waals surface area contributed by atoms with E-state index in [4.69, 9.17) is 0 Å². The smallest absolute Gasteiger partial charge is 0.284 e. The van der Waals surface area contributed by atoms with Gasteiger partial charge in [-0.05, 0) is 19.1 Å². The summed E-state index contributed by atoms with van der Waals surface area (Å²) in [4.78, 5) is 2.12. The zero-order chi connectivity index (χ0) is 13.3. The highest BCUT2D eigenvalue weighted by atomic mass is 32.2. The van der Waals surface area contributed by atoms with Crippen molar-refractivity contribution in [3.63, 3.8) is 0 Å². The number of nitrogens with zero attached hydrogens (tertiary/aromatic N) is 2. The number of benzene rings is 1. The summed E-state index contributed by atoms with van der Waals surface area (Å²) in [6.45, 7) is 4.81. The maximum absolute atomic E-state index is 12.1. The molecule has 1 atom stereocenters. The van der Waals surface area contributed by atoms with Crippen molar-refractivity contribution in [2.75, 3.05) is 13.6 Å². The molecule has 0 spiro atoms. The highest BCUT2D eigenvalue weighted by molar-refractivity contribution is 8.15. The predicted octanol–water partition coefficient (Wildman–Crippen LogP) is 2.11. The first-order chi connectivity index (χ1) is 8.38. The van der Waals surface area contributed by atoms with Crippen LogP contribution in [0.25, 0.3) is 0 Å². The first-order valence-electron chi connectivity index (χ1n) is 5.68. The predicted molar refractivity (Wildman–Crippen MR) is 75.5 cm³/mol. The summed E-state index contributed by atoms with van der Waals surface area (Å²) in [6, 6.07) is 6.75. The number of sulfonamides is 1. The Kier molecular flexibility index (Phi) is 3.68. The van der Waals surface area contributed by atoms with Crippen LogP contribution < -0.4 is 0 Å². The van der Waals surface area contributed by atoms with Gasteiger partial charge in [-0.25, -0.2) is 0 Å². The highest BCUT2D eigenvalue weighted by Crippen LogP contribution is 2.26. The van der Waals surface area contributed by atoms with Gasteiger partial charge < -0.3 is 4.90 Å². The molecule has 98 valence electrons. The second-order valence-electron chi connectivity index (χ2n) is 4.47. The van der Waals surface area contributed by atoms with Crippen LogP contribution in [0.2, 0.25) is 0 Å². The van der Waals surface area contributed by atoms with Crippen LogP contribution >= 0.6 is 11.8 Å². The molecule has 18 heavy (non-hydrogen) atoms. The molecular formula is C12H16N2O2S2. The molecule has 0 saturated carbocycles.